The zero-order chi connectivity index (χ0) is 12.8. The number of halogens is 2. The highest BCUT2D eigenvalue weighted by Crippen LogP contribution is 2.34. The van der Waals surface area contributed by atoms with Crippen molar-refractivity contribution in [3.8, 4) is 5.75 Å². The molecule has 2 N–H and O–H groups in total. The van der Waals surface area contributed by atoms with Gasteiger partial charge in [-0.2, -0.15) is 0 Å². The lowest BCUT2D eigenvalue weighted by Crippen LogP contribution is -2.17. The fourth-order valence-electron chi connectivity index (χ4n) is 1.37. The van der Waals surface area contributed by atoms with Crippen LogP contribution in [0, 0.1) is 0 Å². The first-order chi connectivity index (χ1) is 8.04. The number of hydrogen-bond donors (Lipinski definition) is 2. The van der Waals surface area contributed by atoms with Crippen LogP contribution in [0.1, 0.15) is 19.4 Å². The van der Waals surface area contributed by atoms with E-state index in [0.29, 0.717) is 28.9 Å². The molecule has 0 fully saturated rings. The highest BCUT2D eigenvalue weighted by Gasteiger charge is 2.11. The Hall–Kier alpha value is -0.480. The van der Waals surface area contributed by atoms with E-state index in [1.165, 1.54) is 0 Å². The molecular weight excluding hydrogens is 261 g/mol. The van der Waals surface area contributed by atoms with Gasteiger partial charge >= 0.3 is 0 Å². The van der Waals surface area contributed by atoms with Crippen molar-refractivity contribution >= 4 is 23.2 Å². The number of aliphatic hydroxyl groups is 1. The van der Waals surface area contributed by atoms with Gasteiger partial charge in [0.25, 0.3) is 0 Å². The van der Waals surface area contributed by atoms with Crippen LogP contribution in [0.4, 0.5) is 0 Å². The summed E-state index contributed by atoms with van der Waals surface area (Å²) < 4.78 is 5.53. The molecule has 0 aliphatic rings. The summed E-state index contributed by atoms with van der Waals surface area (Å²) in [4.78, 5) is 0. The predicted octanol–water partition coefficient (Wildman–Crippen LogP) is 2.86. The van der Waals surface area contributed by atoms with Crippen LogP contribution in [0.5, 0.6) is 5.75 Å². The number of hydrogen-bond acceptors (Lipinski definition) is 3. The lowest BCUT2D eigenvalue weighted by molar-refractivity contribution is 0.242. The minimum absolute atomic E-state index is 0.0309. The van der Waals surface area contributed by atoms with E-state index in [0.717, 1.165) is 5.56 Å². The maximum atomic E-state index is 8.66. The zero-order valence-electron chi connectivity index (χ0n) is 9.96. The molecule has 0 amide bonds. The SMILES string of the molecule is CC(C)Oc1c(Cl)cc(CNCCO)cc1Cl. The van der Waals surface area contributed by atoms with Crippen molar-refractivity contribution in [2.24, 2.45) is 0 Å². The molecule has 0 aliphatic heterocycles. The Bertz CT molecular complexity index is 347. The average Bonchev–Trinajstić information content (AvgIpc) is 2.24. The van der Waals surface area contributed by atoms with Gasteiger partial charge in [-0.1, -0.05) is 23.2 Å². The molecule has 0 saturated carbocycles. The highest BCUT2D eigenvalue weighted by atomic mass is 35.5. The smallest absolute Gasteiger partial charge is 0.156 e. The average molecular weight is 278 g/mol. The van der Waals surface area contributed by atoms with Gasteiger partial charge in [-0.05, 0) is 31.5 Å². The summed E-state index contributed by atoms with van der Waals surface area (Å²) in [5.74, 6) is 0.522. The number of aliphatic hydroxyl groups excluding tert-OH is 1. The van der Waals surface area contributed by atoms with Crippen LogP contribution in [0.15, 0.2) is 12.1 Å². The molecular formula is C12H17Cl2NO2. The Morgan fingerprint density at radius 3 is 2.35 bits per heavy atom. The van der Waals surface area contributed by atoms with E-state index in [2.05, 4.69) is 5.32 Å². The lowest BCUT2D eigenvalue weighted by Gasteiger charge is -2.14. The Morgan fingerprint density at radius 2 is 1.88 bits per heavy atom. The maximum absolute atomic E-state index is 8.66. The van der Waals surface area contributed by atoms with Gasteiger partial charge in [0.05, 0.1) is 22.8 Å². The molecule has 0 atom stereocenters. The van der Waals surface area contributed by atoms with Crippen LogP contribution >= 0.6 is 23.2 Å². The van der Waals surface area contributed by atoms with Crippen LogP contribution in [-0.4, -0.2) is 24.4 Å². The van der Waals surface area contributed by atoms with Crippen molar-refractivity contribution in [1.82, 2.24) is 5.32 Å². The Morgan fingerprint density at radius 1 is 1.29 bits per heavy atom. The normalized spacial score (nSPS) is 10.9. The van der Waals surface area contributed by atoms with Crippen molar-refractivity contribution in [3.63, 3.8) is 0 Å². The van der Waals surface area contributed by atoms with Crippen LogP contribution < -0.4 is 10.1 Å². The molecule has 1 rings (SSSR count). The maximum Gasteiger partial charge on any atom is 0.156 e. The first kappa shape index (κ1) is 14.6. The molecule has 17 heavy (non-hydrogen) atoms. The molecule has 0 heterocycles. The van der Waals surface area contributed by atoms with E-state index in [1.54, 1.807) is 0 Å². The third kappa shape index (κ3) is 4.72. The van der Waals surface area contributed by atoms with Gasteiger partial charge in [-0.25, -0.2) is 0 Å². The molecule has 0 spiro atoms. The van der Waals surface area contributed by atoms with Crippen molar-refractivity contribution in [2.45, 2.75) is 26.5 Å². The third-order valence-corrected chi connectivity index (χ3v) is 2.59. The molecule has 96 valence electrons. The summed E-state index contributed by atoms with van der Waals surface area (Å²) in [7, 11) is 0. The van der Waals surface area contributed by atoms with Gasteiger partial charge in [0.2, 0.25) is 0 Å². The lowest BCUT2D eigenvalue weighted by atomic mass is 10.2. The van der Waals surface area contributed by atoms with Gasteiger partial charge in [0.15, 0.2) is 5.75 Å². The summed E-state index contributed by atoms with van der Waals surface area (Å²) in [6.07, 6.45) is 0.0309. The molecule has 0 radical (unpaired) electrons. The fourth-order valence-corrected chi connectivity index (χ4v) is 2.00. The van der Waals surface area contributed by atoms with Crippen molar-refractivity contribution in [3.05, 3.63) is 27.7 Å². The number of rotatable bonds is 6. The van der Waals surface area contributed by atoms with Crippen LogP contribution in [0.2, 0.25) is 10.0 Å². The van der Waals surface area contributed by atoms with E-state index in [-0.39, 0.29) is 12.7 Å². The van der Waals surface area contributed by atoms with Crippen LogP contribution in [-0.2, 0) is 6.54 Å². The molecule has 0 aromatic heterocycles. The summed E-state index contributed by atoms with van der Waals surface area (Å²) in [6, 6.07) is 3.63. The first-order valence-corrected chi connectivity index (χ1v) is 6.26. The zero-order valence-corrected chi connectivity index (χ0v) is 11.5. The molecule has 1 aromatic rings. The Balaban J connectivity index is 2.78. The first-order valence-electron chi connectivity index (χ1n) is 5.50. The molecule has 3 nitrogen and oxygen atoms in total. The molecule has 0 saturated heterocycles. The standard InChI is InChI=1S/C12H17Cl2NO2/c1-8(2)17-12-10(13)5-9(6-11(12)14)7-15-3-4-16/h5-6,8,15-16H,3-4,7H2,1-2H3. The number of benzene rings is 1. The minimum Gasteiger partial charge on any atom is -0.488 e. The van der Waals surface area contributed by atoms with Crippen molar-refractivity contribution < 1.29 is 9.84 Å². The second-order valence-corrected chi connectivity index (χ2v) is 4.77. The van der Waals surface area contributed by atoms with Crippen molar-refractivity contribution in [2.75, 3.05) is 13.2 Å². The van der Waals surface area contributed by atoms with Gasteiger partial charge < -0.3 is 15.2 Å². The Labute approximate surface area is 112 Å². The minimum atomic E-state index is 0.0309. The monoisotopic (exact) mass is 277 g/mol. The van der Waals surface area contributed by atoms with E-state index in [4.69, 9.17) is 33.0 Å². The number of ether oxygens (including phenoxy) is 1. The molecule has 5 heteroatoms. The van der Waals surface area contributed by atoms with Gasteiger partial charge in [-0.15, -0.1) is 0 Å². The summed E-state index contributed by atoms with van der Waals surface area (Å²) in [5, 5.41) is 12.7. The summed E-state index contributed by atoms with van der Waals surface area (Å²) >= 11 is 12.2. The van der Waals surface area contributed by atoms with Gasteiger partial charge in [0, 0.05) is 13.1 Å². The second kappa shape index (κ2) is 7.07. The van der Waals surface area contributed by atoms with E-state index < -0.39 is 0 Å². The third-order valence-electron chi connectivity index (χ3n) is 2.03. The van der Waals surface area contributed by atoms with Crippen LogP contribution in [0.3, 0.4) is 0 Å². The van der Waals surface area contributed by atoms with Gasteiger partial charge in [-0.3, -0.25) is 0 Å². The highest BCUT2D eigenvalue weighted by molar-refractivity contribution is 6.37. The number of nitrogens with one attached hydrogen (secondary N) is 1. The molecule has 1 aromatic carbocycles. The van der Waals surface area contributed by atoms with E-state index in [1.807, 2.05) is 26.0 Å². The molecule has 0 bridgehead atoms. The molecule has 0 unspecified atom stereocenters. The fraction of sp³-hybridized carbons (Fsp3) is 0.500. The Kier molecular flexibility index (Phi) is 6.06. The van der Waals surface area contributed by atoms with E-state index >= 15 is 0 Å². The summed E-state index contributed by atoms with van der Waals surface area (Å²) in [5.41, 5.74) is 0.963. The largest absolute Gasteiger partial charge is 0.488 e. The summed E-state index contributed by atoms with van der Waals surface area (Å²) in [6.45, 7) is 5.10. The quantitative estimate of drug-likeness (QED) is 0.786. The predicted molar refractivity (Wildman–Crippen MR) is 71.0 cm³/mol. The topological polar surface area (TPSA) is 41.5 Å². The second-order valence-electron chi connectivity index (χ2n) is 3.96. The van der Waals surface area contributed by atoms with E-state index in [9.17, 15) is 0 Å². The van der Waals surface area contributed by atoms with Gasteiger partial charge in [0.1, 0.15) is 0 Å². The van der Waals surface area contributed by atoms with Crippen molar-refractivity contribution in [1.29, 1.82) is 0 Å². The van der Waals surface area contributed by atoms with Crippen LogP contribution in [0.25, 0.3) is 0 Å². The molecule has 0 aliphatic carbocycles.